The Hall–Kier alpha value is -0.730. The van der Waals surface area contributed by atoms with Crippen LogP contribution in [0, 0.1) is 12.8 Å². The topological polar surface area (TPSA) is 29.5 Å². The van der Waals surface area contributed by atoms with Crippen molar-refractivity contribution in [1.82, 2.24) is 0 Å². The average molecular weight is 255 g/mol. The van der Waals surface area contributed by atoms with Crippen LogP contribution in [0.1, 0.15) is 37.8 Å². The number of ether oxygens (including phenoxy) is 1. The molecule has 0 aromatic heterocycles. The molecule has 0 aliphatic heterocycles. The summed E-state index contributed by atoms with van der Waals surface area (Å²) in [6.45, 7) is 6.17. The van der Waals surface area contributed by atoms with E-state index in [4.69, 9.17) is 16.3 Å². The predicted molar refractivity (Wildman–Crippen MR) is 69.7 cm³/mol. The second-order valence-electron chi connectivity index (χ2n) is 5.44. The highest BCUT2D eigenvalue weighted by Gasteiger charge is 2.26. The highest BCUT2D eigenvalue weighted by molar-refractivity contribution is 6.32. The van der Waals surface area contributed by atoms with Crippen molar-refractivity contribution in [3.63, 3.8) is 0 Å². The van der Waals surface area contributed by atoms with Gasteiger partial charge in [0.05, 0.1) is 17.2 Å². The zero-order chi connectivity index (χ0) is 12.6. The summed E-state index contributed by atoms with van der Waals surface area (Å²) < 4.78 is 5.78. The third-order valence-electron chi connectivity index (χ3n) is 3.01. The van der Waals surface area contributed by atoms with Gasteiger partial charge < -0.3 is 9.84 Å². The molecule has 1 aliphatic carbocycles. The minimum absolute atomic E-state index is 0.586. The van der Waals surface area contributed by atoms with Gasteiger partial charge in [0.15, 0.2) is 0 Å². The van der Waals surface area contributed by atoms with Gasteiger partial charge in [-0.2, -0.15) is 0 Å². The average Bonchev–Trinajstić information content (AvgIpc) is 2.97. The molecule has 1 fully saturated rings. The Labute approximate surface area is 108 Å². The van der Waals surface area contributed by atoms with E-state index in [0.717, 1.165) is 11.1 Å². The molecule has 2 rings (SSSR count). The van der Waals surface area contributed by atoms with E-state index in [2.05, 4.69) is 0 Å². The minimum Gasteiger partial charge on any atom is -0.491 e. The molecule has 17 heavy (non-hydrogen) atoms. The maximum atomic E-state index is 10.2. The molecule has 1 aromatic carbocycles. The minimum atomic E-state index is -0.936. The molecule has 94 valence electrons. The van der Waals surface area contributed by atoms with Crippen LogP contribution >= 0.6 is 11.6 Å². The highest BCUT2D eigenvalue weighted by atomic mass is 35.5. The van der Waals surface area contributed by atoms with E-state index in [1.807, 2.05) is 19.1 Å². The quantitative estimate of drug-likeness (QED) is 0.889. The SMILES string of the molecule is Cc1cc(Cl)c(OCC2CC2)c(C(C)(C)O)c1. The van der Waals surface area contributed by atoms with Crippen LogP contribution in [0.25, 0.3) is 0 Å². The van der Waals surface area contributed by atoms with Gasteiger partial charge in [0.1, 0.15) is 5.75 Å². The lowest BCUT2D eigenvalue weighted by atomic mass is 9.95. The third-order valence-corrected chi connectivity index (χ3v) is 3.29. The molecule has 2 nitrogen and oxygen atoms in total. The van der Waals surface area contributed by atoms with Gasteiger partial charge in [-0.05, 0) is 57.2 Å². The summed E-state index contributed by atoms with van der Waals surface area (Å²) in [5.41, 5.74) is 0.864. The molecule has 1 N–H and O–H groups in total. The number of halogens is 1. The summed E-state index contributed by atoms with van der Waals surface area (Å²) in [7, 11) is 0. The van der Waals surface area contributed by atoms with Crippen LogP contribution in [0.3, 0.4) is 0 Å². The van der Waals surface area contributed by atoms with Gasteiger partial charge in [-0.3, -0.25) is 0 Å². The fourth-order valence-electron chi connectivity index (χ4n) is 1.82. The van der Waals surface area contributed by atoms with Crippen LogP contribution in [-0.2, 0) is 5.60 Å². The molecule has 1 aromatic rings. The molecule has 0 amide bonds. The van der Waals surface area contributed by atoms with Crippen LogP contribution in [-0.4, -0.2) is 11.7 Å². The highest BCUT2D eigenvalue weighted by Crippen LogP contribution is 2.38. The Morgan fingerprint density at radius 2 is 2.06 bits per heavy atom. The number of hydrogen-bond donors (Lipinski definition) is 1. The molecule has 0 heterocycles. The first kappa shape index (κ1) is 12.7. The van der Waals surface area contributed by atoms with Gasteiger partial charge in [0, 0.05) is 5.56 Å². The van der Waals surface area contributed by atoms with E-state index in [0.29, 0.717) is 23.3 Å². The number of aliphatic hydroxyl groups is 1. The molecule has 0 radical (unpaired) electrons. The molecule has 0 spiro atoms. The van der Waals surface area contributed by atoms with Gasteiger partial charge in [-0.1, -0.05) is 11.6 Å². The normalized spacial score (nSPS) is 16.1. The summed E-state index contributed by atoms with van der Waals surface area (Å²) in [5, 5.41) is 10.7. The van der Waals surface area contributed by atoms with Crippen molar-refractivity contribution in [3.05, 3.63) is 28.3 Å². The molecule has 0 unspecified atom stereocenters. The molecule has 0 saturated heterocycles. The second kappa shape index (κ2) is 4.51. The van der Waals surface area contributed by atoms with Crippen LogP contribution < -0.4 is 4.74 Å². The van der Waals surface area contributed by atoms with Gasteiger partial charge in [0.2, 0.25) is 0 Å². The predicted octanol–water partition coefficient (Wildman–Crippen LogP) is 3.66. The lowest BCUT2D eigenvalue weighted by molar-refractivity contribution is 0.0744. The van der Waals surface area contributed by atoms with Crippen molar-refractivity contribution in [3.8, 4) is 5.75 Å². The van der Waals surface area contributed by atoms with Crippen LogP contribution in [0.2, 0.25) is 5.02 Å². The van der Waals surface area contributed by atoms with E-state index in [1.165, 1.54) is 12.8 Å². The van der Waals surface area contributed by atoms with E-state index >= 15 is 0 Å². The number of benzene rings is 1. The van der Waals surface area contributed by atoms with Crippen molar-refractivity contribution < 1.29 is 9.84 Å². The lowest BCUT2D eigenvalue weighted by Crippen LogP contribution is -2.18. The number of rotatable bonds is 4. The first-order chi connectivity index (χ1) is 7.88. The molecule has 0 atom stereocenters. The van der Waals surface area contributed by atoms with Gasteiger partial charge in [0.25, 0.3) is 0 Å². The monoisotopic (exact) mass is 254 g/mol. The first-order valence-corrected chi connectivity index (χ1v) is 6.41. The number of aryl methyl sites for hydroxylation is 1. The smallest absolute Gasteiger partial charge is 0.143 e. The molecule has 1 aliphatic rings. The number of hydrogen-bond acceptors (Lipinski definition) is 2. The first-order valence-electron chi connectivity index (χ1n) is 6.03. The summed E-state index contributed by atoms with van der Waals surface area (Å²) in [5.74, 6) is 1.30. The van der Waals surface area contributed by atoms with E-state index in [-0.39, 0.29) is 0 Å². The van der Waals surface area contributed by atoms with Crippen molar-refractivity contribution >= 4 is 11.6 Å². The molecular weight excluding hydrogens is 236 g/mol. The van der Waals surface area contributed by atoms with Crippen molar-refractivity contribution in [2.75, 3.05) is 6.61 Å². The van der Waals surface area contributed by atoms with E-state index in [1.54, 1.807) is 13.8 Å². The Kier molecular flexibility index (Phi) is 3.37. The summed E-state index contributed by atoms with van der Waals surface area (Å²) >= 11 is 6.21. The fraction of sp³-hybridized carbons (Fsp3) is 0.571. The maximum absolute atomic E-state index is 10.2. The largest absolute Gasteiger partial charge is 0.491 e. The summed E-state index contributed by atoms with van der Waals surface area (Å²) in [4.78, 5) is 0. The van der Waals surface area contributed by atoms with Crippen LogP contribution in [0.15, 0.2) is 12.1 Å². The third kappa shape index (κ3) is 3.14. The van der Waals surface area contributed by atoms with Crippen LogP contribution in [0.4, 0.5) is 0 Å². The lowest BCUT2D eigenvalue weighted by Gasteiger charge is -2.23. The Morgan fingerprint density at radius 3 is 2.59 bits per heavy atom. The Bertz CT molecular complexity index is 417. The molecule has 1 saturated carbocycles. The zero-order valence-electron chi connectivity index (χ0n) is 10.6. The van der Waals surface area contributed by atoms with Gasteiger partial charge >= 0.3 is 0 Å². The zero-order valence-corrected chi connectivity index (χ0v) is 11.3. The fourth-order valence-corrected chi connectivity index (χ4v) is 2.14. The van der Waals surface area contributed by atoms with Gasteiger partial charge in [-0.25, -0.2) is 0 Å². The van der Waals surface area contributed by atoms with Crippen LogP contribution in [0.5, 0.6) is 5.75 Å². The van der Waals surface area contributed by atoms with Crippen molar-refractivity contribution in [2.24, 2.45) is 5.92 Å². The Morgan fingerprint density at radius 1 is 1.41 bits per heavy atom. The Balaban J connectivity index is 2.32. The van der Waals surface area contributed by atoms with Crippen molar-refractivity contribution in [2.45, 2.75) is 39.2 Å². The summed E-state index contributed by atoms with van der Waals surface area (Å²) in [6, 6.07) is 3.81. The van der Waals surface area contributed by atoms with Gasteiger partial charge in [-0.15, -0.1) is 0 Å². The molecule has 0 bridgehead atoms. The molecular formula is C14H19ClO2. The van der Waals surface area contributed by atoms with E-state index in [9.17, 15) is 5.11 Å². The summed E-state index contributed by atoms with van der Waals surface area (Å²) in [6.07, 6.45) is 2.47. The second-order valence-corrected chi connectivity index (χ2v) is 5.84. The molecule has 3 heteroatoms. The maximum Gasteiger partial charge on any atom is 0.143 e. The van der Waals surface area contributed by atoms with E-state index < -0.39 is 5.60 Å². The van der Waals surface area contributed by atoms with Crippen molar-refractivity contribution in [1.29, 1.82) is 0 Å². The standard InChI is InChI=1S/C14H19ClO2/c1-9-6-11(14(2,3)16)13(12(15)7-9)17-8-10-4-5-10/h6-7,10,16H,4-5,8H2,1-3H3.